The predicted molar refractivity (Wildman–Crippen MR) is 81.8 cm³/mol. The van der Waals surface area contributed by atoms with Gasteiger partial charge in [-0.3, -0.25) is 0 Å². The monoisotopic (exact) mass is 287 g/mol. The van der Waals surface area contributed by atoms with Crippen LogP contribution in [0.15, 0.2) is 0 Å². The Morgan fingerprint density at radius 3 is 2.95 bits per heavy atom. The topological polar surface area (TPSA) is 41.5 Å². The van der Waals surface area contributed by atoms with Crippen molar-refractivity contribution < 1.29 is 9.84 Å². The van der Waals surface area contributed by atoms with Gasteiger partial charge in [0.15, 0.2) is 0 Å². The first-order valence-electron chi connectivity index (χ1n) is 7.87. The molecule has 2 rings (SSSR count). The molecule has 0 spiro atoms. The smallest absolute Gasteiger partial charge is 0.0666 e. The molecule has 1 heterocycles. The van der Waals surface area contributed by atoms with Gasteiger partial charge < -0.3 is 15.2 Å². The zero-order valence-electron chi connectivity index (χ0n) is 12.2. The number of aliphatic hydroxyl groups is 1. The highest BCUT2D eigenvalue weighted by Crippen LogP contribution is 2.36. The summed E-state index contributed by atoms with van der Waals surface area (Å²) in [7, 11) is 0. The predicted octanol–water partition coefficient (Wildman–Crippen LogP) is 2.57. The van der Waals surface area contributed by atoms with Crippen LogP contribution >= 0.6 is 11.8 Å². The van der Waals surface area contributed by atoms with Crippen molar-refractivity contribution in [1.82, 2.24) is 5.32 Å². The lowest BCUT2D eigenvalue weighted by atomic mass is 9.82. The lowest BCUT2D eigenvalue weighted by Gasteiger charge is -2.40. The SMILES string of the molecule is CCCNC1(CO)CCCC(SCC2CCCO2)C1. The van der Waals surface area contributed by atoms with Gasteiger partial charge in [-0.25, -0.2) is 0 Å². The van der Waals surface area contributed by atoms with Gasteiger partial charge >= 0.3 is 0 Å². The Labute approximate surface area is 121 Å². The third-order valence-corrected chi connectivity index (χ3v) is 5.83. The summed E-state index contributed by atoms with van der Waals surface area (Å²) in [5.74, 6) is 1.14. The molecular weight excluding hydrogens is 258 g/mol. The maximum absolute atomic E-state index is 9.77. The van der Waals surface area contributed by atoms with E-state index in [1.807, 2.05) is 0 Å². The van der Waals surface area contributed by atoms with Crippen LogP contribution in [0, 0.1) is 0 Å². The molecule has 1 saturated carbocycles. The highest BCUT2D eigenvalue weighted by Gasteiger charge is 2.35. The first-order chi connectivity index (χ1) is 9.28. The van der Waals surface area contributed by atoms with Gasteiger partial charge in [0, 0.05) is 23.1 Å². The number of thioether (sulfide) groups is 1. The van der Waals surface area contributed by atoms with Gasteiger partial charge in [0.25, 0.3) is 0 Å². The lowest BCUT2D eigenvalue weighted by molar-refractivity contribution is 0.122. The van der Waals surface area contributed by atoms with E-state index in [4.69, 9.17) is 4.74 Å². The molecule has 0 bridgehead atoms. The van der Waals surface area contributed by atoms with Gasteiger partial charge in [0.2, 0.25) is 0 Å². The van der Waals surface area contributed by atoms with Crippen LogP contribution in [-0.4, -0.2) is 47.5 Å². The summed E-state index contributed by atoms with van der Waals surface area (Å²) in [5, 5.41) is 14.1. The Bertz CT molecular complexity index is 259. The van der Waals surface area contributed by atoms with E-state index in [0.29, 0.717) is 11.4 Å². The molecule has 1 aliphatic heterocycles. The molecule has 0 aromatic carbocycles. The lowest BCUT2D eigenvalue weighted by Crippen LogP contribution is -2.52. The zero-order valence-corrected chi connectivity index (χ0v) is 13.0. The average Bonchev–Trinajstić information content (AvgIpc) is 2.97. The standard InChI is InChI=1S/C15H29NO2S/c1-2-8-16-15(12-17)7-3-6-14(10-15)19-11-13-5-4-9-18-13/h13-14,16-17H,2-12H2,1H3. The largest absolute Gasteiger partial charge is 0.394 e. The minimum Gasteiger partial charge on any atom is -0.394 e. The normalized spacial score (nSPS) is 35.7. The summed E-state index contributed by atoms with van der Waals surface area (Å²) in [6, 6.07) is 0. The molecule has 3 nitrogen and oxygen atoms in total. The molecule has 1 aliphatic carbocycles. The maximum Gasteiger partial charge on any atom is 0.0666 e. The van der Waals surface area contributed by atoms with Crippen molar-refractivity contribution >= 4 is 11.8 Å². The van der Waals surface area contributed by atoms with E-state index in [0.717, 1.165) is 38.2 Å². The molecule has 2 aliphatic rings. The molecule has 2 fully saturated rings. The minimum absolute atomic E-state index is 0.0114. The number of hydrogen-bond acceptors (Lipinski definition) is 4. The van der Waals surface area contributed by atoms with E-state index in [1.165, 1.54) is 25.7 Å². The maximum atomic E-state index is 9.77. The third kappa shape index (κ3) is 4.62. The Morgan fingerprint density at radius 2 is 2.26 bits per heavy atom. The van der Waals surface area contributed by atoms with Gasteiger partial charge in [-0.15, -0.1) is 0 Å². The summed E-state index contributed by atoms with van der Waals surface area (Å²) in [4.78, 5) is 0. The van der Waals surface area contributed by atoms with Gasteiger partial charge in [0.1, 0.15) is 0 Å². The molecule has 3 unspecified atom stereocenters. The summed E-state index contributed by atoms with van der Waals surface area (Å²) in [6.07, 6.45) is 8.86. The molecule has 0 amide bonds. The van der Waals surface area contributed by atoms with Crippen molar-refractivity contribution in [1.29, 1.82) is 0 Å². The van der Waals surface area contributed by atoms with E-state index in [2.05, 4.69) is 24.0 Å². The number of rotatable bonds is 7. The van der Waals surface area contributed by atoms with Crippen molar-refractivity contribution in [3.8, 4) is 0 Å². The molecule has 3 atom stereocenters. The number of aliphatic hydroxyl groups excluding tert-OH is 1. The minimum atomic E-state index is -0.0114. The van der Waals surface area contributed by atoms with Crippen molar-refractivity contribution in [2.24, 2.45) is 0 Å². The molecule has 112 valence electrons. The van der Waals surface area contributed by atoms with Crippen LogP contribution in [-0.2, 0) is 4.74 Å². The van der Waals surface area contributed by atoms with Gasteiger partial charge in [0.05, 0.1) is 12.7 Å². The Morgan fingerprint density at radius 1 is 1.37 bits per heavy atom. The first-order valence-corrected chi connectivity index (χ1v) is 8.92. The van der Waals surface area contributed by atoms with Crippen molar-refractivity contribution in [3.63, 3.8) is 0 Å². The van der Waals surface area contributed by atoms with Crippen LogP contribution < -0.4 is 5.32 Å². The second-order valence-corrected chi connectivity index (χ2v) is 7.39. The number of ether oxygens (including phenoxy) is 1. The first kappa shape index (κ1) is 15.6. The van der Waals surface area contributed by atoms with Crippen molar-refractivity contribution in [3.05, 3.63) is 0 Å². The molecular formula is C15H29NO2S. The molecule has 0 radical (unpaired) electrons. The molecule has 19 heavy (non-hydrogen) atoms. The average molecular weight is 287 g/mol. The van der Waals surface area contributed by atoms with Gasteiger partial charge in [-0.1, -0.05) is 13.3 Å². The van der Waals surface area contributed by atoms with Crippen molar-refractivity contribution in [2.45, 2.75) is 68.8 Å². The molecule has 0 aromatic rings. The fraction of sp³-hybridized carbons (Fsp3) is 1.00. The second-order valence-electron chi connectivity index (χ2n) is 6.05. The molecule has 1 saturated heterocycles. The van der Waals surface area contributed by atoms with E-state index in [-0.39, 0.29) is 12.1 Å². The summed E-state index contributed by atoms with van der Waals surface area (Å²) in [6.45, 7) is 4.44. The molecule has 2 N–H and O–H groups in total. The fourth-order valence-electron chi connectivity index (χ4n) is 3.22. The Balaban J connectivity index is 1.77. The quantitative estimate of drug-likeness (QED) is 0.755. The highest BCUT2D eigenvalue weighted by atomic mass is 32.2. The van der Waals surface area contributed by atoms with Crippen LogP contribution in [0.2, 0.25) is 0 Å². The number of hydrogen-bond donors (Lipinski definition) is 2. The van der Waals surface area contributed by atoms with Crippen LogP contribution in [0.5, 0.6) is 0 Å². The van der Waals surface area contributed by atoms with E-state index in [9.17, 15) is 5.11 Å². The molecule has 4 heteroatoms. The summed E-state index contributed by atoms with van der Waals surface area (Å²) in [5.41, 5.74) is -0.0114. The van der Waals surface area contributed by atoms with Gasteiger partial charge in [-0.2, -0.15) is 11.8 Å². The van der Waals surface area contributed by atoms with E-state index in [1.54, 1.807) is 0 Å². The zero-order chi connectivity index (χ0) is 13.6. The summed E-state index contributed by atoms with van der Waals surface area (Å²) < 4.78 is 5.70. The number of nitrogens with one attached hydrogen (secondary N) is 1. The van der Waals surface area contributed by atoms with Gasteiger partial charge in [-0.05, 0) is 45.1 Å². The summed E-state index contributed by atoms with van der Waals surface area (Å²) >= 11 is 2.07. The van der Waals surface area contributed by atoms with E-state index < -0.39 is 0 Å². The highest BCUT2D eigenvalue weighted by molar-refractivity contribution is 7.99. The Hall–Kier alpha value is 0.230. The van der Waals surface area contributed by atoms with Crippen LogP contribution in [0.4, 0.5) is 0 Å². The van der Waals surface area contributed by atoms with E-state index >= 15 is 0 Å². The second kappa shape index (κ2) is 7.87. The van der Waals surface area contributed by atoms with Crippen LogP contribution in [0.3, 0.4) is 0 Å². The van der Waals surface area contributed by atoms with Crippen molar-refractivity contribution in [2.75, 3.05) is 25.5 Å². The third-order valence-electron chi connectivity index (χ3n) is 4.39. The van der Waals surface area contributed by atoms with Crippen LogP contribution in [0.25, 0.3) is 0 Å². The fourth-order valence-corrected chi connectivity index (χ4v) is 4.74. The van der Waals surface area contributed by atoms with Crippen LogP contribution in [0.1, 0.15) is 51.9 Å². The Kier molecular flexibility index (Phi) is 6.46. The molecule has 0 aromatic heterocycles.